The minimum Gasteiger partial charge on any atom is -0.321 e. The van der Waals surface area contributed by atoms with Crippen LogP contribution in [0, 0.1) is 5.92 Å². The Labute approximate surface area is 150 Å². The number of hydrogen-bond acceptors (Lipinski definition) is 3. The van der Waals surface area contributed by atoms with E-state index in [0.29, 0.717) is 23.2 Å². The molecule has 0 unspecified atom stereocenters. The topological polar surface area (TPSA) is 66.5 Å². The molecule has 2 fully saturated rings. The Morgan fingerprint density at radius 2 is 1.80 bits per heavy atom. The summed E-state index contributed by atoms with van der Waals surface area (Å²) in [5.74, 6) is 0.578. The quantitative estimate of drug-likeness (QED) is 0.835. The highest BCUT2D eigenvalue weighted by Crippen LogP contribution is 2.33. The second kappa shape index (κ2) is 7.77. The molecule has 2 aliphatic carbocycles. The van der Waals surface area contributed by atoms with Gasteiger partial charge >= 0.3 is 6.03 Å². The van der Waals surface area contributed by atoms with Gasteiger partial charge in [-0.05, 0) is 43.2 Å². The first-order chi connectivity index (χ1) is 11.9. The first-order valence-electron chi connectivity index (χ1n) is 9.25. The lowest BCUT2D eigenvalue weighted by atomic mass is 9.94. The fraction of sp³-hybridized carbons (Fsp3) is 0.632. The average Bonchev–Trinajstić information content (AvgIpc) is 3.38. The summed E-state index contributed by atoms with van der Waals surface area (Å²) < 4.78 is 23.3. The molecule has 5 nitrogen and oxygen atoms in total. The summed E-state index contributed by atoms with van der Waals surface area (Å²) >= 11 is 0. The van der Waals surface area contributed by atoms with Gasteiger partial charge in [0.2, 0.25) is 0 Å². The van der Waals surface area contributed by atoms with Crippen molar-refractivity contribution in [1.82, 2.24) is 4.90 Å². The number of carbonyl (C=O) groups is 1. The molecule has 0 bridgehead atoms. The Kier molecular flexibility index (Phi) is 5.67. The Bertz CT molecular complexity index is 707. The molecule has 1 aromatic carbocycles. The number of amides is 2. The molecule has 3 rings (SSSR count). The van der Waals surface area contributed by atoms with Gasteiger partial charge in [0.15, 0.2) is 9.84 Å². The molecule has 2 amide bonds. The highest BCUT2D eigenvalue weighted by molar-refractivity contribution is 7.89. The molecule has 1 N–H and O–H groups in total. The summed E-state index contributed by atoms with van der Waals surface area (Å²) in [4.78, 5) is 15.0. The Balaban J connectivity index is 1.74. The van der Waals surface area contributed by atoms with E-state index < -0.39 is 9.84 Å². The Morgan fingerprint density at radius 3 is 2.44 bits per heavy atom. The van der Waals surface area contributed by atoms with E-state index in [1.807, 2.05) is 11.0 Å². The van der Waals surface area contributed by atoms with E-state index in [1.165, 1.54) is 38.4 Å². The zero-order valence-corrected chi connectivity index (χ0v) is 15.7. The second-order valence-electron chi connectivity index (χ2n) is 7.54. The van der Waals surface area contributed by atoms with E-state index in [-0.39, 0.29) is 11.8 Å². The van der Waals surface area contributed by atoms with Crippen LogP contribution in [0.5, 0.6) is 0 Å². The SMILES string of the molecule is CS(=O)(=O)Cc1ccccc1NC(=O)N(CC1CC1)C1CCCCC1. The van der Waals surface area contributed by atoms with Crippen LogP contribution in [0.25, 0.3) is 0 Å². The number of para-hydroxylation sites is 1. The van der Waals surface area contributed by atoms with E-state index in [9.17, 15) is 13.2 Å². The fourth-order valence-corrected chi connectivity index (χ4v) is 4.42. The van der Waals surface area contributed by atoms with Crippen LogP contribution in [0.2, 0.25) is 0 Å². The van der Waals surface area contributed by atoms with Crippen LogP contribution < -0.4 is 5.32 Å². The van der Waals surface area contributed by atoms with Crippen molar-refractivity contribution in [3.8, 4) is 0 Å². The number of carbonyl (C=O) groups excluding carboxylic acids is 1. The lowest BCUT2D eigenvalue weighted by molar-refractivity contribution is 0.163. The maximum atomic E-state index is 13.0. The van der Waals surface area contributed by atoms with Crippen molar-refractivity contribution < 1.29 is 13.2 Å². The average molecular weight is 365 g/mol. The van der Waals surface area contributed by atoms with Gasteiger partial charge in [-0.2, -0.15) is 0 Å². The molecule has 138 valence electrons. The first kappa shape index (κ1) is 18.2. The van der Waals surface area contributed by atoms with Crippen molar-refractivity contribution in [3.63, 3.8) is 0 Å². The number of rotatable bonds is 6. The highest BCUT2D eigenvalue weighted by Gasteiger charge is 2.32. The van der Waals surface area contributed by atoms with Crippen LogP contribution in [-0.4, -0.2) is 38.2 Å². The number of sulfone groups is 1. The van der Waals surface area contributed by atoms with Gasteiger partial charge in [0.25, 0.3) is 0 Å². The summed E-state index contributed by atoms with van der Waals surface area (Å²) in [6.45, 7) is 0.824. The zero-order chi connectivity index (χ0) is 17.9. The van der Waals surface area contributed by atoms with E-state index in [4.69, 9.17) is 0 Å². The van der Waals surface area contributed by atoms with Gasteiger partial charge in [-0.1, -0.05) is 37.5 Å². The minimum absolute atomic E-state index is 0.0600. The summed E-state index contributed by atoms with van der Waals surface area (Å²) in [5.41, 5.74) is 1.25. The molecule has 25 heavy (non-hydrogen) atoms. The van der Waals surface area contributed by atoms with Crippen LogP contribution in [0.15, 0.2) is 24.3 Å². The molecular weight excluding hydrogens is 336 g/mol. The van der Waals surface area contributed by atoms with E-state index in [1.54, 1.807) is 18.2 Å². The van der Waals surface area contributed by atoms with E-state index in [2.05, 4.69) is 5.32 Å². The van der Waals surface area contributed by atoms with Gasteiger partial charge in [0.05, 0.1) is 5.75 Å². The smallest absolute Gasteiger partial charge is 0.321 e. The van der Waals surface area contributed by atoms with Crippen LogP contribution >= 0.6 is 0 Å². The molecule has 1 aromatic rings. The van der Waals surface area contributed by atoms with E-state index in [0.717, 1.165) is 19.4 Å². The molecule has 0 aliphatic heterocycles. The summed E-state index contributed by atoms with van der Waals surface area (Å²) in [5, 5.41) is 2.99. The largest absolute Gasteiger partial charge is 0.322 e. The van der Waals surface area contributed by atoms with Crippen LogP contribution in [0.4, 0.5) is 10.5 Å². The van der Waals surface area contributed by atoms with Crippen molar-refractivity contribution >= 4 is 21.6 Å². The third-order valence-corrected chi connectivity index (χ3v) is 5.94. The number of nitrogens with one attached hydrogen (secondary N) is 1. The predicted molar refractivity (Wildman–Crippen MR) is 100 cm³/mol. The molecule has 6 heteroatoms. The number of anilines is 1. The third kappa shape index (κ3) is 5.46. The molecule has 0 radical (unpaired) electrons. The number of nitrogens with zero attached hydrogens (tertiary/aromatic N) is 1. The molecule has 0 saturated heterocycles. The van der Waals surface area contributed by atoms with Crippen LogP contribution in [-0.2, 0) is 15.6 Å². The summed E-state index contributed by atoms with van der Waals surface area (Å²) in [6.07, 6.45) is 9.41. The normalized spacial score (nSPS) is 18.8. The van der Waals surface area contributed by atoms with Crippen molar-refractivity contribution in [2.45, 2.75) is 56.7 Å². The molecule has 2 saturated carbocycles. The molecule has 0 aromatic heterocycles. The van der Waals surface area contributed by atoms with E-state index >= 15 is 0 Å². The van der Waals surface area contributed by atoms with Crippen molar-refractivity contribution in [2.75, 3.05) is 18.1 Å². The lowest BCUT2D eigenvalue weighted by Gasteiger charge is -2.34. The van der Waals surface area contributed by atoms with Gasteiger partial charge in [-0.25, -0.2) is 13.2 Å². The highest BCUT2D eigenvalue weighted by atomic mass is 32.2. The maximum absolute atomic E-state index is 13.0. The molecule has 0 heterocycles. The molecule has 0 spiro atoms. The van der Waals surface area contributed by atoms with Gasteiger partial charge in [0, 0.05) is 24.5 Å². The van der Waals surface area contributed by atoms with Gasteiger partial charge in [-0.3, -0.25) is 0 Å². The molecular formula is C19H28N2O3S. The van der Waals surface area contributed by atoms with Crippen molar-refractivity contribution in [3.05, 3.63) is 29.8 Å². The predicted octanol–water partition coefficient (Wildman–Crippen LogP) is 3.81. The minimum atomic E-state index is -3.15. The maximum Gasteiger partial charge on any atom is 0.322 e. The van der Waals surface area contributed by atoms with Crippen molar-refractivity contribution in [2.24, 2.45) is 5.92 Å². The summed E-state index contributed by atoms with van der Waals surface area (Å²) in [7, 11) is -3.15. The monoisotopic (exact) mass is 364 g/mol. The molecule has 0 atom stereocenters. The Hall–Kier alpha value is -1.56. The lowest BCUT2D eigenvalue weighted by Crippen LogP contribution is -2.45. The number of hydrogen-bond donors (Lipinski definition) is 1. The fourth-order valence-electron chi connectivity index (χ4n) is 3.61. The standard InChI is InChI=1S/C19H28N2O3S/c1-25(23,24)14-16-7-5-6-10-18(16)20-19(22)21(13-15-11-12-15)17-8-3-2-4-9-17/h5-7,10,15,17H,2-4,8-9,11-14H2,1H3,(H,20,22). The molecule has 2 aliphatic rings. The third-order valence-electron chi connectivity index (χ3n) is 5.10. The van der Waals surface area contributed by atoms with Crippen molar-refractivity contribution in [1.29, 1.82) is 0 Å². The second-order valence-corrected chi connectivity index (χ2v) is 9.69. The van der Waals surface area contributed by atoms with Gasteiger partial charge < -0.3 is 10.2 Å². The van der Waals surface area contributed by atoms with Gasteiger partial charge in [0.1, 0.15) is 0 Å². The van der Waals surface area contributed by atoms with Gasteiger partial charge in [-0.15, -0.1) is 0 Å². The number of urea groups is 1. The Morgan fingerprint density at radius 1 is 1.12 bits per heavy atom. The van der Waals surface area contributed by atoms with Crippen LogP contribution in [0.1, 0.15) is 50.5 Å². The zero-order valence-electron chi connectivity index (χ0n) is 14.9. The van der Waals surface area contributed by atoms with Crippen LogP contribution in [0.3, 0.4) is 0 Å². The first-order valence-corrected chi connectivity index (χ1v) is 11.3. The number of benzene rings is 1. The summed E-state index contributed by atoms with van der Waals surface area (Å²) in [6, 6.07) is 7.42.